The van der Waals surface area contributed by atoms with Gasteiger partial charge in [-0.15, -0.1) is 0 Å². The number of alkyl halides is 8. The summed E-state index contributed by atoms with van der Waals surface area (Å²) in [6, 6.07) is 4.46. The van der Waals surface area contributed by atoms with E-state index >= 15 is 0 Å². The third-order valence-corrected chi connectivity index (χ3v) is 2.69. The van der Waals surface area contributed by atoms with Gasteiger partial charge in [-0.1, -0.05) is 18.2 Å². The van der Waals surface area contributed by atoms with E-state index in [1.807, 2.05) is 0 Å². The molecule has 0 aliphatic carbocycles. The molecule has 0 atom stereocenters. The van der Waals surface area contributed by atoms with E-state index in [1.165, 1.54) is 12.1 Å². The van der Waals surface area contributed by atoms with Gasteiger partial charge in [0.25, 0.3) is 0 Å². The molecule has 132 valence electrons. The van der Waals surface area contributed by atoms with E-state index in [-0.39, 0.29) is 19.5 Å². The molecule has 0 fully saturated rings. The van der Waals surface area contributed by atoms with Gasteiger partial charge >= 0.3 is 18.5 Å². The van der Waals surface area contributed by atoms with Crippen LogP contribution in [0.5, 0.6) is 0 Å². The summed E-state index contributed by atoms with van der Waals surface area (Å²) in [5.41, 5.74) is -0.522. The Kier molecular flexibility index (Phi) is 6.34. The Labute approximate surface area is 126 Å². The molecule has 0 saturated heterocycles. The van der Waals surface area contributed by atoms with Crippen LogP contribution in [0.15, 0.2) is 24.3 Å². The molecule has 1 N–H and O–H groups in total. The first-order valence-corrected chi connectivity index (χ1v) is 6.39. The zero-order valence-corrected chi connectivity index (χ0v) is 11.6. The van der Waals surface area contributed by atoms with Gasteiger partial charge in [0.2, 0.25) is 0 Å². The molecule has 0 aromatic heterocycles. The number of hydrogen-bond acceptors (Lipinski definition) is 2. The van der Waals surface area contributed by atoms with Crippen LogP contribution >= 0.6 is 0 Å². The molecule has 0 radical (unpaired) electrons. The van der Waals surface area contributed by atoms with E-state index in [2.05, 4.69) is 10.1 Å². The van der Waals surface area contributed by atoms with Gasteiger partial charge < -0.3 is 10.1 Å². The highest BCUT2D eigenvalue weighted by molar-refractivity contribution is 5.25. The fourth-order valence-electron chi connectivity index (χ4n) is 1.57. The third kappa shape index (κ3) is 6.30. The van der Waals surface area contributed by atoms with Gasteiger partial charge in [-0.3, -0.25) is 0 Å². The molecule has 0 amide bonds. The average molecular weight is 351 g/mol. The number of halogens is 8. The fraction of sp³-hybridized carbons (Fsp3) is 0.538. The molecular formula is C13H13F8NO. The van der Waals surface area contributed by atoms with Gasteiger partial charge in [-0.05, 0) is 24.6 Å². The number of ether oxygens (including phenoxy) is 1. The SMILES string of the molecule is FC(F)(F)c1cccc(CNCCCOC(F)(F)C(F)(F)F)c1. The van der Waals surface area contributed by atoms with Gasteiger partial charge in [-0.2, -0.15) is 35.1 Å². The van der Waals surface area contributed by atoms with E-state index in [0.717, 1.165) is 12.1 Å². The highest BCUT2D eigenvalue weighted by atomic mass is 19.4. The molecule has 0 bridgehead atoms. The summed E-state index contributed by atoms with van der Waals surface area (Å²) in [7, 11) is 0. The molecule has 1 aromatic rings. The predicted molar refractivity (Wildman–Crippen MR) is 64.7 cm³/mol. The topological polar surface area (TPSA) is 21.3 Å². The Bertz CT molecular complexity index is 497. The highest BCUT2D eigenvalue weighted by Gasteiger charge is 2.59. The van der Waals surface area contributed by atoms with E-state index in [9.17, 15) is 35.1 Å². The van der Waals surface area contributed by atoms with Crippen LogP contribution in [0.1, 0.15) is 17.5 Å². The highest BCUT2D eigenvalue weighted by Crippen LogP contribution is 2.36. The van der Waals surface area contributed by atoms with Gasteiger partial charge in [0.05, 0.1) is 12.2 Å². The van der Waals surface area contributed by atoms with Crippen LogP contribution in [-0.4, -0.2) is 25.4 Å². The minimum Gasteiger partial charge on any atom is -0.313 e. The molecule has 0 spiro atoms. The summed E-state index contributed by atoms with van der Waals surface area (Å²) in [5, 5.41) is 2.63. The second kappa shape index (κ2) is 7.43. The quantitative estimate of drug-likeness (QED) is 0.582. The normalized spacial score (nSPS) is 13.4. The predicted octanol–water partition coefficient (Wildman–Crippen LogP) is 4.36. The monoisotopic (exact) mass is 351 g/mol. The standard InChI is InChI=1S/C13H13F8NO/c14-11(15,16)10-4-1-3-9(7-10)8-22-5-2-6-23-13(20,21)12(17,18)19/h1,3-4,7,22H,2,5-6,8H2. The molecule has 2 nitrogen and oxygen atoms in total. The van der Waals surface area contributed by atoms with E-state index in [4.69, 9.17) is 0 Å². The summed E-state index contributed by atoms with van der Waals surface area (Å²) in [5.74, 6) is 0. The van der Waals surface area contributed by atoms with Crippen LogP contribution in [0.2, 0.25) is 0 Å². The molecule has 0 saturated carbocycles. The van der Waals surface area contributed by atoms with Gasteiger partial charge in [-0.25, -0.2) is 0 Å². The summed E-state index contributed by atoms with van der Waals surface area (Å²) in [6.07, 6.45) is -15.6. The molecular weight excluding hydrogens is 338 g/mol. The Balaban J connectivity index is 2.31. The number of rotatable bonds is 7. The van der Waals surface area contributed by atoms with Crippen molar-refractivity contribution in [2.24, 2.45) is 0 Å². The lowest BCUT2D eigenvalue weighted by Crippen LogP contribution is -2.39. The molecule has 0 unspecified atom stereocenters. The lowest BCUT2D eigenvalue weighted by molar-refractivity contribution is -0.391. The van der Waals surface area contributed by atoms with Crippen LogP contribution in [0.3, 0.4) is 0 Å². The molecule has 10 heteroatoms. The van der Waals surface area contributed by atoms with Crippen molar-refractivity contribution in [2.75, 3.05) is 13.2 Å². The first-order valence-electron chi connectivity index (χ1n) is 6.39. The van der Waals surface area contributed by atoms with Crippen molar-refractivity contribution in [1.29, 1.82) is 0 Å². The molecule has 0 aliphatic rings. The second-order valence-corrected chi connectivity index (χ2v) is 4.59. The first-order chi connectivity index (χ1) is 10.4. The maximum absolute atomic E-state index is 12.5. The van der Waals surface area contributed by atoms with Crippen molar-refractivity contribution in [1.82, 2.24) is 5.32 Å². The van der Waals surface area contributed by atoms with Crippen molar-refractivity contribution < 1.29 is 39.9 Å². The zero-order chi connectivity index (χ0) is 17.7. The molecule has 23 heavy (non-hydrogen) atoms. The Morgan fingerprint density at radius 2 is 1.61 bits per heavy atom. The maximum atomic E-state index is 12.5. The van der Waals surface area contributed by atoms with Crippen molar-refractivity contribution in [3.05, 3.63) is 35.4 Å². The Morgan fingerprint density at radius 1 is 0.957 bits per heavy atom. The minimum absolute atomic E-state index is 0.00415. The van der Waals surface area contributed by atoms with Crippen LogP contribution < -0.4 is 5.32 Å². The van der Waals surface area contributed by atoms with Crippen molar-refractivity contribution in [2.45, 2.75) is 31.4 Å². The number of benzene rings is 1. The van der Waals surface area contributed by atoms with Crippen LogP contribution in [0.25, 0.3) is 0 Å². The Morgan fingerprint density at radius 3 is 2.17 bits per heavy atom. The summed E-state index contributed by atoms with van der Waals surface area (Å²) in [6.45, 7) is -0.828. The zero-order valence-electron chi connectivity index (χ0n) is 11.6. The van der Waals surface area contributed by atoms with Crippen molar-refractivity contribution in [3.63, 3.8) is 0 Å². The molecule has 1 rings (SSSR count). The van der Waals surface area contributed by atoms with Crippen molar-refractivity contribution in [3.8, 4) is 0 Å². The van der Waals surface area contributed by atoms with Gasteiger partial charge in [0.1, 0.15) is 0 Å². The fourth-order valence-corrected chi connectivity index (χ4v) is 1.57. The van der Waals surface area contributed by atoms with E-state index in [0.29, 0.717) is 5.56 Å². The summed E-state index contributed by atoms with van der Waals surface area (Å²) in [4.78, 5) is 0. The summed E-state index contributed by atoms with van der Waals surface area (Å²) < 4.78 is 101. The first kappa shape index (κ1) is 19.6. The number of nitrogens with one attached hydrogen (secondary N) is 1. The van der Waals surface area contributed by atoms with E-state index < -0.39 is 30.6 Å². The van der Waals surface area contributed by atoms with Crippen LogP contribution in [0.4, 0.5) is 35.1 Å². The lowest BCUT2D eigenvalue weighted by Gasteiger charge is -2.19. The second-order valence-electron chi connectivity index (χ2n) is 4.59. The smallest absolute Gasteiger partial charge is 0.313 e. The van der Waals surface area contributed by atoms with Crippen molar-refractivity contribution >= 4 is 0 Å². The molecule has 1 aromatic carbocycles. The lowest BCUT2D eigenvalue weighted by atomic mass is 10.1. The minimum atomic E-state index is -5.78. The van der Waals surface area contributed by atoms with Gasteiger partial charge in [0, 0.05) is 6.54 Å². The van der Waals surface area contributed by atoms with Gasteiger partial charge in [0.15, 0.2) is 0 Å². The number of hydrogen-bond donors (Lipinski definition) is 1. The third-order valence-electron chi connectivity index (χ3n) is 2.69. The Hall–Kier alpha value is -1.42. The van der Waals surface area contributed by atoms with Crippen LogP contribution in [0, 0.1) is 0 Å². The summed E-state index contributed by atoms with van der Waals surface area (Å²) >= 11 is 0. The molecule has 0 heterocycles. The van der Waals surface area contributed by atoms with E-state index in [1.54, 1.807) is 0 Å². The molecule has 0 aliphatic heterocycles. The maximum Gasteiger partial charge on any atom is 0.482 e. The average Bonchev–Trinajstić information content (AvgIpc) is 2.41. The van der Waals surface area contributed by atoms with Crippen LogP contribution in [-0.2, 0) is 17.5 Å². The largest absolute Gasteiger partial charge is 0.482 e.